The largest absolute Gasteiger partial charge is 0.481 e. The van der Waals surface area contributed by atoms with Crippen molar-refractivity contribution in [3.8, 4) is 0 Å². The van der Waals surface area contributed by atoms with Crippen LogP contribution in [0.3, 0.4) is 0 Å². The van der Waals surface area contributed by atoms with E-state index in [1.54, 1.807) is 23.2 Å². The van der Waals surface area contributed by atoms with E-state index in [1.807, 2.05) is 0 Å². The number of aliphatic carboxylic acids is 1. The van der Waals surface area contributed by atoms with E-state index in [9.17, 15) is 9.59 Å². The highest BCUT2D eigenvalue weighted by molar-refractivity contribution is 5.94. The molecule has 1 aliphatic rings. The molecule has 2 heterocycles. The number of nitrogens with two attached hydrogens (primary N) is 1. The molecule has 21 heavy (non-hydrogen) atoms. The summed E-state index contributed by atoms with van der Waals surface area (Å²) in [6.07, 6.45) is 1.73. The normalized spacial score (nSPS) is 16.0. The zero-order valence-electron chi connectivity index (χ0n) is 11.9. The fourth-order valence-electron chi connectivity index (χ4n) is 2.33. The summed E-state index contributed by atoms with van der Waals surface area (Å²) in [7, 11) is 0. The van der Waals surface area contributed by atoms with E-state index in [0.717, 1.165) is 0 Å². The van der Waals surface area contributed by atoms with Crippen molar-refractivity contribution in [1.82, 2.24) is 14.8 Å². The van der Waals surface area contributed by atoms with Gasteiger partial charge in [0, 0.05) is 51.0 Å². The predicted molar refractivity (Wildman–Crippen MR) is 76.7 cm³/mol. The maximum Gasteiger partial charge on any atom is 0.304 e. The van der Waals surface area contributed by atoms with Crippen LogP contribution in [0.15, 0.2) is 18.3 Å². The number of carboxylic acids is 1. The topological polar surface area (TPSA) is 99.8 Å². The second kappa shape index (κ2) is 7.14. The van der Waals surface area contributed by atoms with Gasteiger partial charge in [0.15, 0.2) is 0 Å². The Balaban J connectivity index is 1.89. The number of carbonyl (C=O) groups excluding carboxylic acids is 1. The van der Waals surface area contributed by atoms with Gasteiger partial charge in [-0.15, -0.1) is 0 Å². The Bertz CT molecular complexity index is 513. The molecule has 7 heteroatoms. The van der Waals surface area contributed by atoms with Gasteiger partial charge in [0.1, 0.15) is 0 Å². The smallest absolute Gasteiger partial charge is 0.304 e. The maximum atomic E-state index is 12.4. The Kier molecular flexibility index (Phi) is 5.24. The Labute approximate surface area is 123 Å². The molecule has 0 saturated carbocycles. The van der Waals surface area contributed by atoms with Gasteiger partial charge >= 0.3 is 5.97 Å². The van der Waals surface area contributed by atoms with Crippen molar-refractivity contribution in [2.45, 2.75) is 13.0 Å². The first-order valence-corrected chi connectivity index (χ1v) is 6.98. The average molecular weight is 292 g/mol. The molecule has 7 nitrogen and oxygen atoms in total. The number of amides is 1. The Hall–Kier alpha value is -1.99. The molecule has 1 aromatic rings. The van der Waals surface area contributed by atoms with E-state index in [4.69, 9.17) is 10.8 Å². The van der Waals surface area contributed by atoms with Crippen LogP contribution in [0.2, 0.25) is 0 Å². The van der Waals surface area contributed by atoms with Gasteiger partial charge in [-0.1, -0.05) is 0 Å². The highest BCUT2D eigenvalue weighted by atomic mass is 16.4. The van der Waals surface area contributed by atoms with E-state index in [2.05, 4.69) is 9.88 Å². The fraction of sp³-hybridized carbons (Fsp3) is 0.500. The lowest BCUT2D eigenvalue weighted by Crippen LogP contribution is -2.49. The van der Waals surface area contributed by atoms with Crippen molar-refractivity contribution in [2.75, 3.05) is 32.7 Å². The number of nitrogens with zero attached hydrogens (tertiary/aromatic N) is 3. The molecule has 1 aromatic heterocycles. The van der Waals surface area contributed by atoms with E-state index >= 15 is 0 Å². The van der Waals surface area contributed by atoms with Crippen molar-refractivity contribution in [3.05, 3.63) is 29.6 Å². The summed E-state index contributed by atoms with van der Waals surface area (Å²) in [5, 5.41) is 8.68. The Morgan fingerprint density at radius 1 is 1.29 bits per heavy atom. The van der Waals surface area contributed by atoms with Crippen LogP contribution in [0.5, 0.6) is 0 Å². The standard InChI is InChI=1S/C14H20N4O3/c15-10-12-9-11(1-3-16-12)14(21)18-7-5-17(6-8-18)4-2-13(19)20/h1,3,9H,2,4-8,10,15H2,(H,19,20). The summed E-state index contributed by atoms with van der Waals surface area (Å²) in [5.74, 6) is -0.815. The molecule has 3 N–H and O–H groups in total. The van der Waals surface area contributed by atoms with Crippen molar-refractivity contribution in [1.29, 1.82) is 0 Å². The minimum Gasteiger partial charge on any atom is -0.481 e. The third kappa shape index (κ3) is 4.24. The molecule has 0 aliphatic carbocycles. The molecule has 0 atom stereocenters. The third-order valence-corrected chi connectivity index (χ3v) is 3.57. The van der Waals surface area contributed by atoms with Crippen LogP contribution < -0.4 is 5.73 Å². The first kappa shape index (κ1) is 15.4. The fourth-order valence-corrected chi connectivity index (χ4v) is 2.33. The van der Waals surface area contributed by atoms with Crippen LogP contribution in [-0.4, -0.2) is 64.5 Å². The minimum atomic E-state index is -0.792. The van der Waals surface area contributed by atoms with Crippen LogP contribution in [0.4, 0.5) is 0 Å². The quantitative estimate of drug-likeness (QED) is 0.778. The molecule has 0 aromatic carbocycles. The van der Waals surface area contributed by atoms with Crippen LogP contribution >= 0.6 is 0 Å². The monoisotopic (exact) mass is 292 g/mol. The van der Waals surface area contributed by atoms with Gasteiger partial charge in [-0.2, -0.15) is 0 Å². The molecule has 1 amide bonds. The van der Waals surface area contributed by atoms with Gasteiger partial charge in [-0.05, 0) is 12.1 Å². The predicted octanol–water partition coefficient (Wildman–Crippen LogP) is -0.227. The lowest BCUT2D eigenvalue weighted by Gasteiger charge is -2.34. The molecule has 0 bridgehead atoms. The molecular formula is C14H20N4O3. The Morgan fingerprint density at radius 3 is 2.62 bits per heavy atom. The average Bonchev–Trinajstić information content (AvgIpc) is 2.52. The summed E-state index contributed by atoms with van der Waals surface area (Å²) in [6.45, 7) is 3.47. The van der Waals surface area contributed by atoms with E-state index in [1.165, 1.54) is 0 Å². The molecule has 0 spiro atoms. The number of aromatic nitrogens is 1. The maximum absolute atomic E-state index is 12.4. The van der Waals surface area contributed by atoms with Crippen molar-refractivity contribution in [2.24, 2.45) is 5.73 Å². The molecule has 1 fully saturated rings. The second-order valence-corrected chi connectivity index (χ2v) is 5.02. The molecule has 0 unspecified atom stereocenters. The van der Waals surface area contributed by atoms with E-state index < -0.39 is 5.97 Å². The summed E-state index contributed by atoms with van der Waals surface area (Å²) in [5.41, 5.74) is 6.83. The lowest BCUT2D eigenvalue weighted by atomic mass is 10.2. The zero-order valence-corrected chi connectivity index (χ0v) is 11.9. The van der Waals surface area contributed by atoms with Gasteiger partial charge in [0.2, 0.25) is 0 Å². The van der Waals surface area contributed by atoms with Crippen LogP contribution in [0, 0.1) is 0 Å². The number of carboxylic acid groups (broad SMARTS) is 1. The van der Waals surface area contributed by atoms with Crippen molar-refractivity contribution >= 4 is 11.9 Å². The highest BCUT2D eigenvalue weighted by Gasteiger charge is 2.22. The number of carbonyl (C=O) groups is 2. The first-order chi connectivity index (χ1) is 10.1. The highest BCUT2D eigenvalue weighted by Crippen LogP contribution is 2.10. The van der Waals surface area contributed by atoms with Gasteiger partial charge in [-0.25, -0.2) is 0 Å². The lowest BCUT2D eigenvalue weighted by molar-refractivity contribution is -0.137. The molecule has 2 rings (SSSR count). The SMILES string of the molecule is NCc1cc(C(=O)N2CCN(CCC(=O)O)CC2)ccn1. The van der Waals surface area contributed by atoms with Crippen LogP contribution in [-0.2, 0) is 11.3 Å². The second-order valence-electron chi connectivity index (χ2n) is 5.02. The number of hydrogen-bond donors (Lipinski definition) is 2. The van der Waals surface area contributed by atoms with Crippen LogP contribution in [0.1, 0.15) is 22.5 Å². The summed E-state index contributed by atoms with van der Waals surface area (Å²) in [4.78, 5) is 30.9. The summed E-state index contributed by atoms with van der Waals surface area (Å²) >= 11 is 0. The minimum absolute atomic E-state index is 0.0232. The van der Waals surface area contributed by atoms with Crippen molar-refractivity contribution in [3.63, 3.8) is 0 Å². The molecule has 1 aliphatic heterocycles. The van der Waals surface area contributed by atoms with Gasteiger partial charge in [-0.3, -0.25) is 19.5 Å². The van der Waals surface area contributed by atoms with Crippen LogP contribution in [0.25, 0.3) is 0 Å². The van der Waals surface area contributed by atoms with E-state index in [0.29, 0.717) is 50.5 Å². The number of pyridine rings is 1. The molecule has 1 saturated heterocycles. The van der Waals surface area contributed by atoms with Gasteiger partial charge in [0.25, 0.3) is 5.91 Å². The molecular weight excluding hydrogens is 272 g/mol. The number of piperazine rings is 1. The third-order valence-electron chi connectivity index (χ3n) is 3.57. The molecule has 0 radical (unpaired) electrons. The van der Waals surface area contributed by atoms with Gasteiger partial charge < -0.3 is 15.7 Å². The van der Waals surface area contributed by atoms with Gasteiger partial charge in [0.05, 0.1) is 12.1 Å². The Morgan fingerprint density at radius 2 is 2.00 bits per heavy atom. The zero-order chi connectivity index (χ0) is 15.2. The number of hydrogen-bond acceptors (Lipinski definition) is 5. The number of rotatable bonds is 5. The van der Waals surface area contributed by atoms with E-state index in [-0.39, 0.29) is 12.3 Å². The summed E-state index contributed by atoms with van der Waals surface area (Å²) < 4.78 is 0. The first-order valence-electron chi connectivity index (χ1n) is 6.98. The molecule has 114 valence electrons. The van der Waals surface area contributed by atoms with Crippen molar-refractivity contribution < 1.29 is 14.7 Å². The summed E-state index contributed by atoms with van der Waals surface area (Å²) in [6, 6.07) is 3.41.